The standard InChI is InChI=1S/C42H55NO8/c1-35(2)38(5)16-19-42(35,51-34(38)47)33(46)43(24-27-8-6-20-49-27)25-40(48)15-12-31-37(40,4)14-11-30-36(3)13-10-26(44)22-39(36)17-18-41(30,31)28(23-39)32(45)29-9-7-21-50-29/h7,9,17-18,21,23,26-27,30-31,44,48H,6,8,10-16,19-20,22,24-25H2,1-5H3/t26?,27-,30-,31-,36-,37+,38+,39+,40-,41-,42-/m1/s1. The molecule has 9 heteroatoms. The van der Waals surface area contributed by atoms with E-state index >= 15 is 4.79 Å². The van der Waals surface area contributed by atoms with E-state index in [2.05, 4.69) is 32.1 Å². The largest absolute Gasteiger partial charge is 0.461 e. The van der Waals surface area contributed by atoms with Crippen molar-refractivity contribution in [3.63, 3.8) is 0 Å². The number of aliphatic hydroxyl groups excluding tert-OH is 1. The van der Waals surface area contributed by atoms with E-state index < -0.39 is 44.4 Å². The molecule has 1 amide bonds. The normalized spacial score (nSPS) is 48.5. The summed E-state index contributed by atoms with van der Waals surface area (Å²) in [7, 11) is 0. The minimum atomic E-state index is -1.28. The summed E-state index contributed by atoms with van der Waals surface area (Å²) in [5.41, 5.74) is -5.07. The van der Waals surface area contributed by atoms with Crippen LogP contribution in [0.25, 0.3) is 0 Å². The van der Waals surface area contributed by atoms with E-state index in [0.717, 1.165) is 44.1 Å². The summed E-state index contributed by atoms with van der Waals surface area (Å²) < 4.78 is 17.9. The number of nitrogens with zero attached hydrogens (tertiary/aromatic N) is 1. The van der Waals surface area contributed by atoms with Crippen molar-refractivity contribution in [3.8, 4) is 0 Å². The maximum absolute atomic E-state index is 15.0. The Balaban J connectivity index is 1.12. The monoisotopic (exact) mass is 701 g/mol. The Morgan fingerprint density at radius 2 is 1.69 bits per heavy atom. The first-order chi connectivity index (χ1) is 24.0. The van der Waals surface area contributed by atoms with Gasteiger partial charge in [0.15, 0.2) is 11.4 Å². The van der Waals surface area contributed by atoms with Crippen LogP contribution in [-0.4, -0.2) is 75.9 Å². The molecule has 9 aliphatic rings. The number of hydrogen-bond acceptors (Lipinski definition) is 8. The van der Waals surface area contributed by atoms with Gasteiger partial charge in [-0.15, -0.1) is 0 Å². The number of Topliss-reactive ketones (excluding diaryl/α,β-unsaturated/α-hetero) is 1. The zero-order valence-electron chi connectivity index (χ0n) is 31.0. The number of ether oxygens (including phenoxy) is 2. The van der Waals surface area contributed by atoms with Crippen LogP contribution in [0.4, 0.5) is 0 Å². The van der Waals surface area contributed by atoms with E-state index in [1.165, 1.54) is 0 Å². The zero-order valence-corrected chi connectivity index (χ0v) is 31.0. The van der Waals surface area contributed by atoms with E-state index in [9.17, 15) is 19.8 Å². The molecule has 10 rings (SSSR count). The van der Waals surface area contributed by atoms with Crippen molar-refractivity contribution in [2.24, 2.45) is 44.3 Å². The Morgan fingerprint density at radius 1 is 0.941 bits per heavy atom. The van der Waals surface area contributed by atoms with Crippen LogP contribution in [0, 0.1) is 44.3 Å². The Morgan fingerprint density at radius 3 is 2.35 bits per heavy atom. The van der Waals surface area contributed by atoms with E-state index in [4.69, 9.17) is 13.9 Å². The molecular formula is C42H55NO8. The highest BCUT2D eigenvalue weighted by Gasteiger charge is 2.78. The molecule has 6 fully saturated rings. The molecule has 2 N–H and O–H groups in total. The molecule has 1 aromatic heterocycles. The second-order valence-corrected chi connectivity index (χ2v) is 19.1. The number of aliphatic hydroxyl groups is 2. The number of allylic oxidation sites excluding steroid dienone is 4. The predicted molar refractivity (Wildman–Crippen MR) is 187 cm³/mol. The second kappa shape index (κ2) is 10.5. The molecule has 2 saturated heterocycles. The van der Waals surface area contributed by atoms with Gasteiger partial charge >= 0.3 is 5.97 Å². The second-order valence-electron chi connectivity index (χ2n) is 19.1. The van der Waals surface area contributed by atoms with Gasteiger partial charge in [-0.25, -0.2) is 0 Å². The molecule has 4 bridgehead atoms. The van der Waals surface area contributed by atoms with Crippen LogP contribution in [0.2, 0.25) is 0 Å². The van der Waals surface area contributed by atoms with Gasteiger partial charge in [0.05, 0.1) is 36.0 Å². The quantitative estimate of drug-likeness (QED) is 0.196. The van der Waals surface area contributed by atoms with Gasteiger partial charge in [0.1, 0.15) is 0 Å². The number of esters is 1. The molecule has 1 unspecified atom stereocenters. The highest BCUT2D eigenvalue weighted by molar-refractivity contribution is 6.08. The lowest BCUT2D eigenvalue weighted by molar-refractivity contribution is -0.188. The Bertz CT molecular complexity index is 1740. The topological polar surface area (TPSA) is 127 Å². The third kappa shape index (κ3) is 3.91. The molecule has 51 heavy (non-hydrogen) atoms. The van der Waals surface area contributed by atoms with E-state index in [1.54, 1.807) is 23.3 Å². The van der Waals surface area contributed by atoms with Crippen molar-refractivity contribution in [3.05, 3.63) is 48.0 Å². The minimum Gasteiger partial charge on any atom is -0.461 e. The van der Waals surface area contributed by atoms with Crippen LogP contribution < -0.4 is 0 Å². The van der Waals surface area contributed by atoms with Crippen LogP contribution in [0.3, 0.4) is 0 Å². The first-order valence-electron chi connectivity index (χ1n) is 19.6. The fourth-order valence-electron chi connectivity index (χ4n) is 13.7. The molecule has 2 aliphatic heterocycles. The third-order valence-corrected chi connectivity index (χ3v) is 17.3. The summed E-state index contributed by atoms with van der Waals surface area (Å²) in [6.07, 6.45) is 15.6. The average Bonchev–Trinajstić information content (AvgIpc) is 3.91. The molecule has 4 saturated carbocycles. The Labute approximate surface area is 301 Å². The van der Waals surface area contributed by atoms with Crippen LogP contribution in [0.5, 0.6) is 0 Å². The van der Waals surface area contributed by atoms with Crippen LogP contribution in [0.1, 0.15) is 116 Å². The molecule has 11 atom stereocenters. The van der Waals surface area contributed by atoms with Crippen molar-refractivity contribution in [2.75, 3.05) is 19.7 Å². The highest BCUT2D eigenvalue weighted by Crippen LogP contribution is 2.78. The summed E-state index contributed by atoms with van der Waals surface area (Å²) in [6, 6.07) is 3.49. The first-order valence-corrected chi connectivity index (χ1v) is 19.6. The van der Waals surface area contributed by atoms with Crippen molar-refractivity contribution in [2.45, 2.75) is 129 Å². The number of amides is 1. The molecule has 0 radical (unpaired) electrons. The van der Waals surface area contributed by atoms with Gasteiger partial charge in [-0.2, -0.15) is 0 Å². The predicted octanol–water partition coefficient (Wildman–Crippen LogP) is 6.18. The van der Waals surface area contributed by atoms with Crippen molar-refractivity contribution < 1.29 is 38.5 Å². The summed E-state index contributed by atoms with van der Waals surface area (Å²) in [5, 5.41) is 24.2. The average molecular weight is 702 g/mol. The SMILES string of the molecule is CC1(C)[C@@]2(C)CC[C@]1(C(=O)N(C[C@H]1CCCO1)C[C@]1(O)CC[C@H]3[C@]45C=C[C@@]6(C=C4C(=O)c4ccco4)CC(O)CC[C@]6(C)[C@H]5CC[C@@]31C)OC2=O. The van der Waals surface area contributed by atoms with E-state index in [1.807, 2.05) is 20.8 Å². The van der Waals surface area contributed by atoms with Gasteiger partial charge in [0.2, 0.25) is 5.78 Å². The number of fused-ring (bicyclic) bond motifs is 3. The zero-order chi connectivity index (χ0) is 36.0. The molecule has 1 aromatic rings. The lowest BCUT2D eigenvalue weighted by Gasteiger charge is -2.71. The number of carbonyl (C=O) groups is 3. The fraction of sp³-hybridized carbons (Fsp3) is 0.738. The summed E-state index contributed by atoms with van der Waals surface area (Å²) in [4.78, 5) is 44.7. The van der Waals surface area contributed by atoms with Crippen molar-refractivity contribution >= 4 is 17.7 Å². The fourth-order valence-corrected chi connectivity index (χ4v) is 13.7. The molecule has 7 aliphatic carbocycles. The lowest BCUT2D eigenvalue weighted by Crippen LogP contribution is -2.68. The molecule has 3 heterocycles. The van der Waals surface area contributed by atoms with Crippen molar-refractivity contribution in [1.82, 2.24) is 4.90 Å². The maximum atomic E-state index is 15.0. The summed E-state index contributed by atoms with van der Waals surface area (Å²) in [5.74, 6) is -0.234. The highest BCUT2D eigenvalue weighted by atomic mass is 16.6. The first kappa shape index (κ1) is 34.0. The number of carbonyl (C=O) groups excluding carboxylic acids is 3. The van der Waals surface area contributed by atoms with Gasteiger partial charge in [-0.3, -0.25) is 14.4 Å². The van der Waals surface area contributed by atoms with E-state index in [-0.39, 0.29) is 47.6 Å². The van der Waals surface area contributed by atoms with Gasteiger partial charge in [0.25, 0.3) is 5.91 Å². The summed E-state index contributed by atoms with van der Waals surface area (Å²) >= 11 is 0. The molecule has 276 valence electrons. The summed E-state index contributed by atoms with van der Waals surface area (Å²) in [6.45, 7) is 11.6. The number of hydrogen-bond donors (Lipinski definition) is 2. The lowest BCUT2D eigenvalue weighted by atomic mass is 9.32. The van der Waals surface area contributed by atoms with Gasteiger partial charge in [-0.05, 0) is 107 Å². The maximum Gasteiger partial charge on any atom is 0.313 e. The number of furan rings is 1. The number of rotatable bonds is 7. The van der Waals surface area contributed by atoms with Crippen LogP contribution in [0.15, 0.2) is 46.6 Å². The van der Waals surface area contributed by atoms with Gasteiger partial charge < -0.3 is 29.0 Å². The van der Waals surface area contributed by atoms with Gasteiger partial charge in [-0.1, -0.05) is 45.9 Å². The molecular weight excluding hydrogens is 646 g/mol. The smallest absolute Gasteiger partial charge is 0.313 e. The molecule has 9 nitrogen and oxygen atoms in total. The van der Waals surface area contributed by atoms with Crippen molar-refractivity contribution in [1.29, 1.82) is 0 Å². The van der Waals surface area contributed by atoms with Gasteiger partial charge in [0, 0.05) is 40.4 Å². The van der Waals surface area contributed by atoms with E-state index in [0.29, 0.717) is 51.0 Å². The molecule has 2 spiro atoms. The Hall–Kier alpha value is -2.75. The molecule has 0 aromatic carbocycles. The van der Waals surface area contributed by atoms with Crippen LogP contribution in [-0.2, 0) is 19.1 Å². The number of ketones is 1. The van der Waals surface area contributed by atoms with Crippen LogP contribution >= 0.6 is 0 Å². The third-order valence-electron chi connectivity index (χ3n) is 17.3. The minimum absolute atomic E-state index is 0.0643. The Kier molecular flexibility index (Phi) is 6.99.